The van der Waals surface area contributed by atoms with Gasteiger partial charge in [0.25, 0.3) is 0 Å². The lowest BCUT2D eigenvalue weighted by molar-refractivity contribution is -0.0309. The number of pyridine rings is 1. The molecule has 0 amide bonds. The summed E-state index contributed by atoms with van der Waals surface area (Å²) in [5.74, 6) is 0.935. The zero-order valence-corrected chi connectivity index (χ0v) is 17.3. The fourth-order valence-electron chi connectivity index (χ4n) is 5.26. The molecule has 31 heavy (non-hydrogen) atoms. The van der Waals surface area contributed by atoms with Crippen LogP contribution in [0.25, 0.3) is 11.0 Å². The highest BCUT2D eigenvalue weighted by Crippen LogP contribution is 2.52. The highest BCUT2D eigenvalue weighted by Gasteiger charge is 2.56. The van der Waals surface area contributed by atoms with Gasteiger partial charge < -0.3 is 31.0 Å². The molecule has 2 aliphatic rings. The van der Waals surface area contributed by atoms with Crippen LogP contribution in [0.15, 0.2) is 36.9 Å². The minimum Gasteiger partial charge on any atom is -0.390 e. The van der Waals surface area contributed by atoms with Crippen molar-refractivity contribution < 1.29 is 14.9 Å². The van der Waals surface area contributed by atoms with Crippen LogP contribution in [-0.2, 0) is 11.2 Å². The van der Waals surface area contributed by atoms with E-state index in [1.807, 2.05) is 35.2 Å². The number of rotatable bonds is 5. The molecule has 9 nitrogen and oxygen atoms in total. The molecule has 1 saturated carbocycles. The Morgan fingerprint density at radius 2 is 2.00 bits per heavy atom. The van der Waals surface area contributed by atoms with Gasteiger partial charge in [0.05, 0.1) is 30.2 Å². The third-order valence-corrected chi connectivity index (χ3v) is 6.94. The van der Waals surface area contributed by atoms with Crippen LogP contribution in [0.2, 0.25) is 0 Å². The predicted octanol–water partition coefficient (Wildman–Crippen LogP) is 1.46. The number of nitrogens with two attached hydrogens (primary N) is 2. The molecule has 3 aromatic rings. The first-order valence-corrected chi connectivity index (χ1v) is 10.7. The number of aliphatic hydroxyl groups is 2. The van der Waals surface area contributed by atoms with E-state index in [0.717, 1.165) is 36.6 Å². The van der Waals surface area contributed by atoms with E-state index in [2.05, 4.69) is 15.0 Å². The standard InChI is InChI=1S/C22H28N6O3/c23-17-5-4-13(10-25-17)2-1-3-14-8-22(11-31-14)9-16(18(29)19(22)30)28-7-6-15-20(24)26-12-27-21(15)28/h4-7,10,12,14,16,18-19,29-30H,1-3,8-9,11H2,(H2,23,25)(H2,24,26,27)/t14-,16+,18-,19-,22-/m0/s1. The Kier molecular flexibility index (Phi) is 5.04. The number of hydrogen-bond acceptors (Lipinski definition) is 8. The lowest BCUT2D eigenvalue weighted by Gasteiger charge is -2.26. The number of hydrogen-bond donors (Lipinski definition) is 4. The van der Waals surface area contributed by atoms with Crippen LogP contribution >= 0.6 is 0 Å². The highest BCUT2D eigenvalue weighted by molar-refractivity contribution is 5.86. The summed E-state index contributed by atoms with van der Waals surface area (Å²) in [6.45, 7) is 0.451. The molecule has 0 unspecified atom stereocenters. The normalized spacial score (nSPS) is 30.5. The molecule has 1 aliphatic carbocycles. The molecular formula is C22H28N6O3. The Morgan fingerprint density at radius 1 is 1.13 bits per heavy atom. The number of aliphatic hydroxyl groups excluding tert-OH is 2. The van der Waals surface area contributed by atoms with E-state index in [1.54, 1.807) is 0 Å². The molecule has 1 aliphatic heterocycles. The Labute approximate surface area is 180 Å². The quantitative estimate of drug-likeness (QED) is 0.481. The number of anilines is 2. The first-order valence-electron chi connectivity index (χ1n) is 10.7. The van der Waals surface area contributed by atoms with Crippen molar-refractivity contribution in [3.05, 3.63) is 42.5 Å². The smallest absolute Gasteiger partial charge is 0.145 e. The van der Waals surface area contributed by atoms with Gasteiger partial charge in [0.1, 0.15) is 29.7 Å². The van der Waals surface area contributed by atoms with Crippen molar-refractivity contribution in [2.24, 2.45) is 5.41 Å². The molecule has 5 rings (SSSR count). The van der Waals surface area contributed by atoms with Gasteiger partial charge in [-0.25, -0.2) is 15.0 Å². The van der Waals surface area contributed by atoms with E-state index < -0.39 is 17.6 Å². The minimum absolute atomic E-state index is 0.0710. The number of fused-ring (bicyclic) bond motifs is 1. The van der Waals surface area contributed by atoms with E-state index in [1.165, 1.54) is 6.33 Å². The maximum atomic E-state index is 11.0. The average molecular weight is 425 g/mol. The summed E-state index contributed by atoms with van der Waals surface area (Å²) in [6.07, 6.45) is 7.56. The summed E-state index contributed by atoms with van der Waals surface area (Å²) in [6, 6.07) is 5.38. The maximum absolute atomic E-state index is 11.0. The number of aryl methyl sites for hydroxylation is 1. The molecule has 9 heteroatoms. The maximum Gasteiger partial charge on any atom is 0.145 e. The van der Waals surface area contributed by atoms with Gasteiger partial charge in [0, 0.05) is 17.8 Å². The largest absolute Gasteiger partial charge is 0.390 e. The SMILES string of the molecule is Nc1ccc(CCC[C@H]2C[C@@]3(CO2)C[C@@H](n2ccc4c(N)ncnc42)[C@H](O)[C@@H]3O)cn1. The van der Waals surface area contributed by atoms with Crippen molar-refractivity contribution in [1.29, 1.82) is 0 Å². The molecule has 4 heterocycles. The van der Waals surface area contributed by atoms with Gasteiger partial charge in [-0.15, -0.1) is 0 Å². The Balaban J connectivity index is 1.26. The molecule has 5 atom stereocenters. The van der Waals surface area contributed by atoms with Gasteiger partial charge in [0.2, 0.25) is 0 Å². The van der Waals surface area contributed by atoms with Crippen LogP contribution in [0, 0.1) is 5.41 Å². The van der Waals surface area contributed by atoms with Crippen LogP contribution in [0.3, 0.4) is 0 Å². The van der Waals surface area contributed by atoms with Crippen molar-refractivity contribution >= 4 is 22.7 Å². The van der Waals surface area contributed by atoms with Crippen molar-refractivity contribution in [3.8, 4) is 0 Å². The van der Waals surface area contributed by atoms with Gasteiger partial charge in [-0.05, 0) is 49.8 Å². The van der Waals surface area contributed by atoms with Crippen molar-refractivity contribution in [2.75, 3.05) is 18.1 Å². The van der Waals surface area contributed by atoms with Crippen LogP contribution in [-0.4, -0.2) is 54.7 Å². The first kappa shape index (κ1) is 20.2. The average Bonchev–Trinajstić information content (AvgIpc) is 3.44. The molecule has 6 N–H and O–H groups in total. The lowest BCUT2D eigenvalue weighted by Crippen LogP contribution is -2.37. The molecule has 1 spiro atoms. The number of aromatic nitrogens is 4. The zero-order valence-electron chi connectivity index (χ0n) is 17.3. The second-order valence-electron chi connectivity index (χ2n) is 8.91. The topological polar surface area (TPSA) is 145 Å². The Hall–Kier alpha value is -2.75. The van der Waals surface area contributed by atoms with Crippen LogP contribution in [0.4, 0.5) is 11.6 Å². The van der Waals surface area contributed by atoms with Crippen LogP contribution in [0.1, 0.15) is 37.3 Å². The molecule has 0 aromatic carbocycles. The van der Waals surface area contributed by atoms with Gasteiger partial charge in [-0.1, -0.05) is 6.07 Å². The number of ether oxygens (including phenoxy) is 1. The van der Waals surface area contributed by atoms with Gasteiger partial charge in [0.15, 0.2) is 0 Å². The summed E-state index contributed by atoms with van der Waals surface area (Å²) in [5, 5.41) is 22.6. The highest BCUT2D eigenvalue weighted by atomic mass is 16.5. The van der Waals surface area contributed by atoms with Crippen molar-refractivity contribution in [2.45, 2.75) is 56.5 Å². The lowest BCUT2D eigenvalue weighted by atomic mass is 9.80. The van der Waals surface area contributed by atoms with Crippen LogP contribution < -0.4 is 11.5 Å². The summed E-state index contributed by atoms with van der Waals surface area (Å²) in [7, 11) is 0. The van der Waals surface area contributed by atoms with Crippen molar-refractivity contribution in [1.82, 2.24) is 19.5 Å². The molecule has 0 bridgehead atoms. The fraction of sp³-hybridized carbons (Fsp3) is 0.500. The number of nitrogen functional groups attached to an aromatic ring is 2. The van der Waals surface area contributed by atoms with Crippen LogP contribution in [0.5, 0.6) is 0 Å². The zero-order chi connectivity index (χ0) is 21.6. The van der Waals surface area contributed by atoms with Gasteiger partial charge in [-0.2, -0.15) is 0 Å². The Bertz CT molecular complexity index is 1070. The van der Waals surface area contributed by atoms with Gasteiger partial charge >= 0.3 is 0 Å². The second-order valence-corrected chi connectivity index (χ2v) is 8.91. The first-order chi connectivity index (χ1) is 15.0. The molecule has 1 saturated heterocycles. The minimum atomic E-state index is -0.894. The van der Waals surface area contributed by atoms with E-state index in [9.17, 15) is 10.2 Å². The Morgan fingerprint density at radius 3 is 2.81 bits per heavy atom. The van der Waals surface area contributed by atoms with E-state index in [0.29, 0.717) is 30.3 Å². The second kappa shape index (κ2) is 7.74. The summed E-state index contributed by atoms with van der Waals surface area (Å²) >= 11 is 0. The molecule has 3 aromatic heterocycles. The molecule has 0 radical (unpaired) electrons. The third-order valence-electron chi connectivity index (χ3n) is 6.94. The van der Waals surface area contributed by atoms with E-state index in [-0.39, 0.29) is 12.1 Å². The van der Waals surface area contributed by atoms with Gasteiger partial charge in [-0.3, -0.25) is 0 Å². The molecular weight excluding hydrogens is 396 g/mol. The fourth-order valence-corrected chi connectivity index (χ4v) is 5.26. The monoisotopic (exact) mass is 424 g/mol. The van der Waals surface area contributed by atoms with Crippen molar-refractivity contribution in [3.63, 3.8) is 0 Å². The predicted molar refractivity (Wildman–Crippen MR) is 116 cm³/mol. The molecule has 2 fully saturated rings. The number of nitrogens with zero attached hydrogens (tertiary/aromatic N) is 4. The van der Waals surface area contributed by atoms with E-state index >= 15 is 0 Å². The summed E-state index contributed by atoms with van der Waals surface area (Å²) in [5.41, 5.74) is 13.0. The van der Waals surface area contributed by atoms with E-state index in [4.69, 9.17) is 16.2 Å². The summed E-state index contributed by atoms with van der Waals surface area (Å²) in [4.78, 5) is 12.5. The summed E-state index contributed by atoms with van der Waals surface area (Å²) < 4.78 is 7.99. The third kappa shape index (κ3) is 3.52. The molecule has 164 valence electrons.